The largest absolute Gasteiger partial charge is 0.383 e. The van der Waals surface area contributed by atoms with Gasteiger partial charge in [0.25, 0.3) is 0 Å². The van der Waals surface area contributed by atoms with E-state index in [4.69, 9.17) is 6.42 Å². The van der Waals surface area contributed by atoms with E-state index in [0.717, 1.165) is 0 Å². The standard InChI is InChI=1S/C9H10N2O/c1-3-4-9(2,12)8-7-10-5-6-11-8/h1,5-7,12H,4H2,2H3. The maximum Gasteiger partial charge on any atom is 0.116 e. The molecule has 0 spiro atoms. The van der Waals surface area contributed by atoms with Crippen molar-refractivity contribution >= 4 is 0 Å². The predicted molar refractivity (Wildman–Crippen MR) is 45.1 cm³/mol. The Morgan fingerprint density at radius 3 is 2.92 bits per heavy atom. The second-order valence-corrected chi connectivity index (χ2v) is 2.75. The van der Waals surface area contributed by atoms with Gasteiger partial charge in [-0.05, 0) is 6.92 Å². The van der Waals surface area contributed by atoms with Gasteiger partial charge in [-0.1, -0.05) is 0 Å². The van der Waals surface area contributed by atoms with Gasteiger partial charge in [-0.3, -0.25) is 9.97 Å². The van der Waals surface area contributed by atoms with Gasteiger partial charge in [0.05, 0.1) is 11.9 Å². The molecule has 0 aliphatic carbocycles. The van der Waals surface area contributed by atoms with Crippen molar-refractivity contribution in [3.05, 3.63) is 24.3 Å². The normalized spacial score (nSPS) is 14.8. The lowest BCUT2D eigenvalue weighted by atomic mass is 9.99. The van der Waals surface area contributed by atoms with E-state index in [1.807, 2.05) is 0 Å². The Bertz CT molecular complexity index is 287. The monoisotopic (exact) mass is 162 g/mol. The highest BCUT2D eigenvalue weighted by Crippen LogP contribution is 2.20. The predicted octanol–water partition coefficient (Wildman–Crippen LogP) is 0.707. The lowest BCUT2D eigenvalue weighted by Crippen LogP contribution is -2.21. The molecule has 0 amide bonds. The van der Waals surface area contributed by atoms with Crippen LogP contribution in [0.4, 0.5) is 0 Å². The molecule has 0 saturated heterocycles. The molecule has 1 aromatic heterocycles. The topological polar surface area (TPSA) is 46.0 Å². The summed E-state index contributed by atoms with van der Waals surface area (Å²) in [6.07, 6.45) is 9.93. The number of aromatic nitrogens is 2. The van der Waals surface area contributed by atoms with Crippen LogP contribution in [0.2, 0.25) is 0 Å². The van der Waals surface area contributed by atoms with Crippen molar-refractivity contribution < 1.29 is 5.11 Å². The van der Waals surface area contributed by atoms with Gasteiger partial charge in [-0.25, -0.2) is 0 Å². The van der Waals surface area contributed by atoms with Crippen molar-refractivity contribution in [2.75, 3.05) is 0 Å². The quantitative estimate of drug-likeness (QED) is 0.651. The van der Waals surface area contributed by atoms with E-state index >= 15 is 0 Å². The van der Waals surface area contributed by atoms with E-state index in [-0.39, 0.29) is 6.42 Å². The van der Waals surface area contributed by atoms with Gasteiger partial charge >= 0.3 is 0 Å². The van der Waals surface area contributed by atoms with Gasteiger partial charge < -0.3 is 5.11 Å². The van der Waals surface area contributed by atoms with E-state index in [1.165, 1.54) is 12.4 Å². The summed E-state index contributed by atoms with van der Waals surface area (Å²) in [7, 11) is 0. The number of terminal acetylenes is 1. The summed E-state index contributed by atoms with van der Waals surface area (Å²) >= 11 is 0. The maximum absolute atomic E-state index is 9.74. The summed E-state index contributed by atoms with van der Waals surface area (Å²) in [5.74, 6) is 2.39. The first-order chi connectivity index (χ1) is 5.67. The van der Waals surface area contributed by atoms with Gasteiger partial charge in [0.15, 0.2) is 0 Å². The number of nitrogens with zero attached hydrogens (tertiary/aromatic N) is 2. The van der Waals surface area contributed by atoms with Crippen LogP contribution in [0.1, 0.15) is 19.0 Å². The molecule has 0 aromatic carbocycles. The van der Waals surface area contributed by atoms with Crippen LogP contribution >= 0.6 is 0 Å². The SMILES string of the molecule is C#CCC(C)(O)c1cnccn1. The summed E-state index contributed by atoms with van der Waals surface area (Å²) in [6, 6.07) is 0. The van der Waals surface area contributed by atoms with Gasteiger partial charge in [0.1, 0.15) is 5.60 Å². The fraction of sp³-hybridized carbons (Fsp3) is 0.333. The minimum absolute atomic E-state index is 0.242. The smallest absolute Gasteiger partial charge is 0.116 e. The highest BCUT2D eigenvalue weighted by molar-refractivity contribution is 5.10. The van der Waals surface area contributed by atoms with Crippen LogP contribution in [-0.4, -0.2) is 15.1 Å². The lowest BCUT2D eigenvalue weighted by Gasteiger charge is -2.18. The highest BCUT2D eigenvalue weighted by atomic mass is 16.3. The Kier molecular flexibility index (Phi) is 2.41. The van der Waals surface area contributed by atoms with Crippen molar-refractivity contribution in [2.45, 2.75) is 18.9 Å². The van der Waals surface area contributed by atoms with Crippen molar-refractivity contribution in [2.24, 2.45) is 0 Å². The minimum atomic E-state index is -1.07. The van der Waals surface area contributed by atoms with Crippen LogP contribution in [0.3, 0.4) is 0 Å². The number of rotatable bonds is 2. The second kappa shape index (κ2) is 3.33. The Morgan fingerprint density at radius 1 is 1.67 bits per heavy atom. The lowest BCUT2D eigenvalue weighted by molar-refractivity contribution is 0.0579. The van der Waals surface area contributed by atoms with Gasteiger partial charge in [-0.2, -0.15) is 0 Å². The third kappa shape index (κ3) is 1.80. The Balaban J connectivity index is 2.91. The third-order valence-corrected chi connectivity index (χ3v) is 1.56. The third-order valence-electron chi connectivity index (χ3n) is 1.56. The van der Waals surface area contributed by atoms with Crippen LogP contribution in [0, 0.1) is 12.3 Å². The van der Waals surface area contributed by atoms with Crippen molar-refractivity contribution in [1.82, 2.24) is 9.97 Å². The molecule has 1 atom stereocenters. The molecule has 3 nitrogen and oxygen atoms in total. The van der Waals surface area contributed by atoms with E-state index in [9.17, 15) is 5.11 Å². The molecule has 0 saturated carbocycles. The molecule has 0 aliphatic rings. The molecule has 0 fully saturated rings. The van der Waals surface area contributed by atoms with Crippen LogP contribution in [0.15, 0.2) is 18.6 Å². The molecule has 0 aliphatic heterocycles. The summed E-state index contributed by atoms with van der Waals surface area (Å²) in [5.41, 5.74) is -0.564. The zero-order chi connectivity index (χ0) is 9.03. The zero-order valence-electron chi connectivity index (χ0n) is 6.86. The molecule has 1 unspecified atom stereocenters. The molecular weight excluding hydrogens is 152 g/mol. The molecule has 0 radical (unpaired) electrons. The molecule has 1 aromatic rings. The Labute approximate surface area is 71.5 Å². The fourth-order valence-corrected chi connectivity index (χ4v) is 0.867. The number of hydrogen-bond acceptors (Lipinski definition) is 3. The molecule has 62 valence electrons. The van der Waals surface area contributed by atoms with Crippen LogP contribution in [0.25, 0.3) is 0 Å². The fourth-order valence-electron chi connectivity index (χ4n) is 0.867. The van der Waals surface area contributed by atoms with Crippen molar-refractivity contribution in [1.29, 1.82) is 0 Å². The first-order valence-electron chi connectivity index (χ1n) is 3.59. The second-order valence-electron chi connectivity index (χ2n) is 2.75. The molecule has 0 bridgehead atoms. The van der Waals surface area contributed by atoms with E-state index in [1.54, 1.807) is 13.1 Å². The zero-order valence-corrected chi connectivity index (χ0v) is 6.86. The minimum Gasteiger partial charge on any atom is -0.383 e. The first-order valence-corrected chi connectivity index (χ1v) is 3.59. The van der Waals surface area contributed by atoms with E-state index < -0.39 is 5.60 Å². The average molecular weight is 162 g/mol. The van der Waals surface area contributed by atoms with Crippen LogP contribution < -0.4 is 0 Å². The molecule has 12 heavy (non-hydrogen) atoms. The molecule has 1 N–H and O–H groups in total. The summed E-state index contributed by atoms with van der Waals surface area (Å²) < 4.78 is 0. The van der Waals surface area contributed by atoms with Gasteiger partial charge in [0, 0.05) is 18.8 Å². The average Bonchev–Trinajstić information content (AvgIpc) is 2.06. The van der Waals surface area contributed by atoms with Crippen LogP contribution in [0.5, 0.6) is 0 Å². The highest BCUT2D eigenvalue weighted by Gasteiger charge is 2.23. The number of hydrogen-bond donors (Lipinski definition) is 1. The summed E-state index contributed by atoms with van der Waals surface area (Å²) in [6.45, 7) is 1.62. The number of aliphatic hydroxyl groups is 1. The van der Waals surface area contributed by atoms with Crippen LogP contribution in [-0.2, 0) is 5.60 Å². The summed E-state index contributed by atoms with van der Waals surface area (Å²) in [5, 5.41) is 9.74. The summed E-state index contributed by atoms with van der Waals surface area (Å²) in [4.78, 5) is 7.80. The van der Waals surface area contributed by atoms with Gasteiger partial charge in [0.2, 0.25) is 0 Å². The van der Waals surface area contributed by atoms with E-state index in [2.05, 4.69) is 15.9 Å². The maximum atomic E-state index is 9.74. The molecule has 1 rings (SSSR count). The Hall–Kier alpha value is -1.40. The van der Waals surface area contributed by atoms with Gasteiger partial charge in [-0.15, -0.1) is 12.3 Å². The van der Waals surface area contributed by atoms with Crippen molar-refractivity contribution in [3.8, 4) is 12.3 Å². The first kappa shape index (κ1) is 8.69. The molecule has 3 heteroatoms. The molecule has 1 heterocycles. The van der Waals surface area contributed by atoms with Crippen molar-refractivity contribution in [3.63, 3.8) is 0 Å². The molecular formula is C9H10N2O. The van der Waals surface area contributed by atoms with E-state index in [0.29, 0.717) is 5.69 Å². The Morgan fingerprint density at radius 2 is 2.42 bits per heavy atom.